The molecule has 1 aliphatic carbocycles. The molecular weight excluding hydrogens is 320 g/mol. The standard InChI is InChI=1S/C20H32O5/c1-13-6-7-15-12-17(25-18(22)14(15)2)20(4,24)10-5-9-19(3,23)11-8-16(13)21/h6,15-17,21,23-24H,2,5,7-12H2,1,3-4H3/b13-6-/t15-,16+,17+,19-,20+/m1/s1. The van der Waals surface area contributed by atoms with Gasteiger partial charge < -0.3 is 20.1 Å². The third kappa shape index (κ3) is 5.16. The van der Waals surface area contributed by atoms with Crippen LogP contribution in [-0.4, -0.2) is 44.7 Å². The second kappa shape index (κ2) is 7.60. The van der Waals surface area contributed by atoms with Gasteiger partial charge in [-0.3, -0.25) is 0 Å². The highest BCUT2D eigenvalue weighted by atomic mass is 16.6. The quantitative estimate of drug-likeness (QED) is 0.354. The Labute approximate surface area is 150 Å². The second-order valence-electron chi connectivity index (χ2n) is 8.30. The van der Waals surface area contributed by atoms with E-state index in [2.05, 4.69) is 6.58 Å². The van der Waals surface area contributed by atoms with E-state index < -0.39 is 29.4 Å². The zero-order valence-corrected chi connectivity index (χ0v) is 15.6. The summed E-state index contributed by atoms with van der Waals surface area (Å²) < 4.78 is 5.42. The summed E-state index contributed by atoms with van der Waals surface area (Å²) in [5.74, 6) is -0.543. The fourth-order valence-electron chi connectivity index (χ4n) is 3.69. The molecule has 5 nitrogen and oxygen atoms in total. The van der Waals surface area contributed by atoms with Gasteiger partial charge in [-0.05, 0) is 77.2 Å². The van der Waals surface area contributed by atoms with Crippen LogP contribution in [0.3, 0.4) is 0 Å². The van der Waals surface area contributed by atoms with Gasteiger partial charge in [-0.15, -0.1) is 0 Å². The van der Waals surface area contributed by atoms with Crippen molar-refractivity contribution < 1.29 is 24.9 Å². The van der Waals surface area contributed by atoms with Crippen LogP contribution in [0, 0.1) is 5.92 Å². The molecule has 2 aliphatic rings. The molecule has 1 saturated heterocycles. The summed E-state index contributed by atoms with van der Waals surface area (Å²) in [7, 11) is 0. The minimum absolute atomic E-state index is 0.0917. The molecule has 5 heteroatoms. The molecule has 1 aliphatic heterocycles. The van der Waals surface area contributed by atoms with Crippen molar-refractivity contribution in [2.45, 2.75) is 89.1 Å². The van der Waals surface area contributed by atoms with Crippen molar-refractivity contribution in [2.24, 2.45) is 5.92 Å². The molecule has 2 rings (SSSR count). The molecule has 142 valence electrons. The van der Waals surface area contributed by atoms with Gasteiger partial charge in [0.25, 0.3) is 0 Å². The summed E-state index contributed by atoms with van der Waals surface area (Å²) in [6, 6.07) is 0. The van der Waals surface area contributed by atoms with Crippen molar-refractivity contribution >= 4 is 5.97 Å². The zero-order valence-electron chi connectivity index (χ0n) is 15.6. The Morgan fingerprint density at radius 3 is 2.60 bits per heavy atom. The van der Waals surface area contributed by atoms with Crippen molar-refractivity contribution in [1.29, 1.82) is 0 Å². The Kier molecular flexibility index (Phi) is 6.13. The van der Waals surface area contributed by atoms with E-state index in [9.17, 15) is 20.1 Å². The van der Waals surface area contributed by atoms with E-state index in [4.69, 9.17) is 4.74 Å². The maximum absolute atomic E-state index is 12.1. The van der Waals surface area contributed by atoms with Crippen LogP contribution in [0.4, 0.5) is 0 Å². The highest BCUT2D eigenvalue weighted by Crippen LogP contribution is 2.36. The molecule has 2 bridgehead atoms. The van der Waals surface area contributed by atoms with Crippen molar-refractivity contribution in [3.63, 3.8) is 0 Å². The number of allylic oxidation sites excluding steroid dienone is 1. The third-order valence-corrected chi connectivity index (χ3v) is 5.80. The number of esters is 1. The molecule has 0 unspecified atom stereocenters. The maximum Gasteiger partial charge on any atom is 0.334 e. The Bertz CT molecular complexity index is 546. The lowest BCUT2D eigenvalue weighted by Gasteiger charge is -2.39. The van der Waals surface area contributed by atoms with Gasteiger partial charge in [-0.25, -0.2) is 4.79 Å². The van der Waals surface area contributed by atoms with E-state index in [0.717, 1.165) is 5.57 Å². The van der Waals surface area contributed by atoms with E-state index in [1.165, 1.54) is 0 Å². The van der Waals surface area contributed by atoms with Crippen LogP contribution in [0.2, 0.25) is 0 Å². The first-order valence-electron chi connectivity index (χ1n) is 9.21. The van der Waals surface area contributed by atoms with Crippen LogP contribution in [-0.2, 0) is 9.53 Å². The molecule has 0 saturated carbocycles. The lowest BCUT2D eigenvalue weighted by Crippen LogP contribution is -2.47. The summed E-state index contributed by atoms with van der Waals surface area (Å²) in [6.45, 7) is 9.17. The van der Waals surface area contributed by atoms with Crippen LogP contribution in [0.1, 0.15) is 65.7 Å². The Hall–Kier alpha value is -1.17. The first kappa shape index (κ1) is 20.1. The smallest absolute Gasteiger partial charge is 0.334 e. The first-order valence-corrected chi connectivity index (χ1v) is 9.21. The number of fused-ring (bicyclic) bond motifs is 2. The van der Waals surface area contributed by atoms with E-state index in [0.29, 0.717) is 50.5 Å². The number of ether oxygens (including phenoxy) is 1. The maximum atomic E-state index is 12.1. The van der Waals surface area contributed by atoms with Gasteiger partial charge in [0.1, 0.15) is 6.10 Å². The van der Waals surface area contributed by atoms with Gasteiger partial charge in [0, 0.05) is 5.57 Å². The van der Waals surface area contributed by atoms with Crippen molar-refractivity contribution in [2.75, 3.05) is 0 Å². The lowest BCUT2D eigenvalue weighted by atomic mass is 9.79. The van der Waals surface area contributed by atoms with Crippen LogP contribution < -0.4 is 0 Å². The molecule has 1 heterocycles. The van der Waals surface area contributed by atoms with E-state index in [1.807, 2.05) is 13.0 Å². The Balaban J connectivity index is 2.26. The predicted molar refractivity (Wildman–Crippen MR) is 95.8 cm³/mol. The van der Waals surface area contributed by atoms with Gasteiger partial charge in [-0.2, -0.15) is 0 Å². The monoisotopic (exact) mass is 352 g/mol. The number of hydrogen-bond donors (Lipinski definition) is 3. The average molecular weight is 352 g/mol. The van der Waals surface area contributed by atoms with Crippen molar-refractivity contribution in [3.05, 3.63) is 23.8 Å². The third-order valence-electron chi connectivity index (χ3n) is 5.80. The van der Waals surface area contributed by atoms with Gasteiger partial charge in [-0.1, -0.05) is 12.7 Å². The number of hydrogen-bond acceptors (Lipinski definition) is 5. The molecule has 0 radical (unpaired) electrons. The van der Waals surface area contributed by atoms with Crippen LogP contribution >= 0.6 is 0 Å². The highest BCUT2D eigenvalue weighted by molar-refractivity contribution is 5.89. The number of rotatable bonds is 0. The topological polar surface area (TPSA) is 87.0 Å². The summed E-state index contributed by atoms with van der Waals surface area (Å²) in [5.41, 5.74) is -0.752. The summed E-state index contributed by atoms with van der Waals surface area (Å²) in [4.78, 5) is 12.1. The normalized spacial score (nSPS) is 43.6. The fraction of sp³-hybridized carbons (Fsp3) is 0.750. The molecule has 0 aromatic heterocycles. The summed E-state index contributed by atoms with van der Waals surface area (Å²) in [5, 5.41) is 31.6. The molecule has 3 N–H and O–H groups in total. The summed E-state index contributed by atoms with van der Waals surface area (Å²) in [6.07, 6.45) is 4.42. The Morgan fingerprint density at radius 2 is 1.92 bits per heavy atom. The predicted octanol–water partition coefficient (Wildman–Crippen LogP) is 2.64. The Morgan fingerprint density at radius 1 is 1.24 bits per heavy atom. The molecule has 0 spiro atoms. The lowest BCUT2D eigenvalue weighted by molar-refractivity contribution is -0.168. The molecule has 0 aromatic carbocycles. The zero-order chi connectivity index (χ0) is 18.8. The molecular formula is C20H32O5. The highest BCUT2D eigenvalue weighted by Gasteiger charge is 2.42. The largest absolute Gasteiger partial charge is 0.456 e. The number of aliphatic hydroxyl groups is 3. The number of carbonyl (C=O) groups excluding carboxylic acids is 1. The molecule has 25 heavy (non-hydrogen) atoms. The minimum Gasteiger partial charge on any atom is -0.456 e. The van der Waals surface area contributed by atoms with Gasteiger partial charge >= 0.3 is 5.97 Å². The fourth-order valence-corrected chi connectivity index (χ4v) is 3.69. The van der Waals surface area contributed by atoms with Crippen molar-refractivity contribution in [3.8, 4) is 0 Å². The molecule has 0 amide bonds. The number of carbonyl (C=O) groups is 1. The van der Waals surface area contributed by atoms with Gasteiger partial charge in [0.2, 0.25) is 0 Å². The van der Waals surface area contributed by atoms with E-state index in [1.54, 1.807) is 13.8 Å². The van der Waals surface area contributed by atoms with Gasteiger partial charge in [0.05, 0.1) is 17.3 Å². The van der Waals surface area contributed by atoms with E-state index in [-0.39, 0.29) is 5.92 Å². The number of aliphatic hydroxyl groups excluding tert-OH is 1. The molecule has 5 atom stereocenters. The minimum atomic E-state index is -1.13. The van der Waals surface area contributed by atoms with Crippen molar-refractivity contribution in [1.82, 2.24) is 0 Å². The average Bonchev–Trinajstić information content (AvgIpc) is 2.52. The van der Waals surface area contributed by atoms with Crippen LogP contribution in [0.15, 0.2) is 23.8 Å². The molecule has 0 aromatic rings. The SMILES string of the molecule is C=C1C(=O)O[C@H]2C[C@H]1C/C=C(/C)[C@@H](O)CC[C@](C)(O)CCC[C@]2(C)O. The first-order chi connectivity index (χ1) is 11.5. The molecule has 1 fully saturated rings. The van der Waals surface area contributed by atoms with Gasteiger partial charge in [0.15, 0.2) is 0 Å². The van der Waals surface area contributed by atoms with E-state index >= 15 is 0 Å². The van der Waals surface area contributed by atoms with Crippen LogP contribution in [0.5, 0.6) is 0 Å². The summed E-state index contributed by atoms with van der Waals surface area (Å²) >= 11 is 0. The second-order valence-corrected chi connectivity index (χ2v) is 8.30. The van der Waals surface area contributed by atoms with Crippen LogP contribution in [0.25, 0.3) is 0 Å².